The Morgan fingerprint density at radius 2 is 1.95 bits per heavy atom. The van der Waals surface area contributed by atoms with Crippen molar-refractivity contribution in [1.82, 2.24) is 4.90 Å². The van der Waals surface area contributed by atoms with Gasteiger partial charge in [0, 0.05) is 13.7 Å². The fourth-order valence-corrected chi connectivity index (χ4v) is 3.74. The minimum atomic E-state index is -0.841. The van der Waals surface area contributed by atoms with Crippen LogP contribution in [0.4, 0.5) is 0 Å². The highest BCUT2D eigenvalue weighted by Crippen LogP contribution is 2.48. The second-order valence-electron chi connectivity index (χ2n) is 5.80. The van der Waals surface area contributed by atoms with Crippen LogP contribution in [0.1, 0.15) is 12.8 Å². The van der Waals surface area contributed by atoms with Gasteiger partial charge in [-0.2, -0.15) is 0 Å². The van der Waals surface area contributed by atoms with Crippen molar-refractivity contribution < 1.29 is 19.4 Å². The van der Waals surface area contributed by atoms with Crippen molar-refractivity contribution in [3.63, 3.8) is 0 Å². The number of carbonyl (C=O) groups is 2. The lowest BCUT2D eigenvalue weighted by atomic mass is 9.82. The molecule has 2 bridgehead atoms. The van der Waals surface area contributed by atoms with E-state index in [1.807, 2.05) is 12.2 Å². The van der Waals surface area contributed by atoms with Crippen LogP contribution < -0.4 is 0 Å². The van der Waals surface area contributed by atoms with E-state index in [0.717, 1.165) is 12.8 Å². The fraction of sp³-hybridized carbons (Fsp3) is 0.714. The van der Waals surface area contributed by atoms with Gasteiger partial charge < -0.3 is 14.7 Å². The molecule has 2 fully saturated rings. The first-order chi connectivity index (χ1) is 9.09. The molecule has 0 spiro atoms. The Morgan fingerprint density at radius 1 is 1.26 bits per heavy atom. The molecule has 0 aromatic carbocycles. The number of nitrogens with zero attached hydrogens (tertiary/aromatic N) is 1. The van der Waals surface area contributed by atoms with E-state index in [0.29, 0.717) is 13.2 Å². The van der Waals surface area contributed by atoms with Gasteiger partial charge in [-0.15, -0.1) is 0 Å². The minimum Gasteiger partial charge on any atom is -0.481 e. The van der Waals surface area contributed by atoms with Gasteiger partial charge >= 0.3 is 5.97 Å². The highest BCUT2D eigenvalue weighted by atomic mass is 16.5. The van der Waals surface area contributed by atoms with Crippen molar-refractivity contribution >= 4 is 11.9 Å². The molecule has 1 aliphatic heterocycles. The average Bonchev–Trinajstić information content (AvgIpc) is 3.10. The summed E-state index contributed by atoms with van der Waals surface area (Å²) in [6, 6.07) is 0.102. The summed E-state index contributed by atoms with van der Waals surface area (Å²) < 4.78 is 5.30. The molecule has 5 heteroatoms. The van der Waals surface area contributed by atoms with Crippen molar-refractivity contribution in [2.75, 3.05) is 20.3 Å². The molecule has 1 N–H and O–H groups in total. The molecule has 5 nitrogen and oxygen atoms in total. The Balaban J connectivity index is 1.78. The molecule has 104 valence electrons. The zero-order valence-electron chi connectivity index (χ0n) is 11.0. The second kappa shape index (κ2) is 4.63. The smallest absolute Gasteiger partial charge is 0.307 e. The van der Waals surface area contributed by atoms with Gasteiger partial charge in [-0.25, -0.2) is 0 Å². The van der Waals surface area contributed by atoms with Crippen LogP contribution >= 0.6 is 0 Å². The molecule has 0 aromatic rings. The van der Waals surface area contributed by atoms with Crippen LogP contribution in [-0.4, -0.2) is 48.2 Å². The van der Waals surface area contributed by atoms with Crippen LogP contribution in [0.15, 0.2) is 12.2 Å². The summed E-state index contributed by atoms with van der Waals surface area (Å²) in [4.78, 5) is 25.7. The number of hydrogen-bond acceptors (Lipinski definition) is 3. The Morgan fingerprint density at radius 3 is 2.53 bits per heavy atom. The van der Waals surface area contributed by atoms with Gasteiger partial charge in [-0.3, -0.25) is 9.59 Å². The predicted molar refractivity (Wildman–Crippen MR) is 67.3 cm³/mol. The third-order valence-electron chi connectivity index (χ3n) is 4.83. The standard InChI is InChI=1S/C14H19NO4/c1-15(10-4-5-19-7-10)13(16)11-8-2-3-9(6-8)12(11)14(17)18/h2-3,8-12H,4-7H2,1H3,(H,17,18). The van der Waals surface area contributed by atoms with Gasteiger partial charge in [0.25, 0.3) is 0 Å². The summed E-state index contributed by atoms with van der Waals surface area (Å²) in [6.07, 6.45) is 5.64. The number of hydrogen-bond donors (Lipinski definition) is 1. The van der Waals surface area contributed by atoms with Crippen molar-refractivity contribution in [2.45, 2.75) is 18.9 Å². The predicted octanol–water partition coefficient (Wildman–Crippen LogP) is 0.757. The maximum atomic E-state index is 12.6. The molecule has 3 rings (SSSR count). The highest BCUT2D eigenvalue weighted by molar-refractivity contribution is 5.87. The molecule has 19 heavy (non-hydrogen) atoms. The number of carbonyl (C=O) groups excluding carboxylic acids is 1. The third kappa shape index (κ3) is 1.96. The lowest BCUT2D eigenvalue weighted by Crippen LogP contribution is -2.45. The zero-order chi connectivity index (χ0) is 13.6. The molecule has 5 unspecified atom stereocenters. The van der Waals surface area contributed by atoms with Crippen molar-refractivity contribution in [2.24, 2.45) is 23.7 Å². The van der Waals surface area contributed by atoms with E-state index in [1.165, 1.54) is 0 Å². The zero-order valence-corrected chi connectivity index (χ0v) is 11.0. The monoisotopic (exact) mass is 265 g/mol. The maximum Gasteiger partial charge on any atom is 0.307 e. The SMILES string of the molecule is CN(C(=O)C1C2C=CC(C2)C1C(=O)O)C1CCOC1. The Hall–Kier alpha value is -1.36. The highest BCUT2D eigenvalue weighted by Gasteiger charge is 2.52. The van der Waals surface area contributed by atoms with Gasteiger partial charge in [-0.1, -0.05) is 12.2 Å². The number of rotatable bonds is 3. The minimum absolute atomic E-state index is 0.0280. The van der Waals surface area contributed by atoms with E-state index >= 15 is 0 Å². The van der Waals surface area contributed by atoms with Gasteiger partial charge in [0.05, 0.1) is 24.5 Å². The third-order valence-corrected chi connectivity index (χ3v) is 4.83. The van der Waals surface area contributed by atoms with Crippen molar-refractivity contribution in [1.29, 1.82) is 0 Å². The largest absolute Gasteiger partial charge is 0.481 e. The number of carboxylic acids is 1. The summed E-state index contributed by atoms with van der Waals surface area (Å²) in [5, 5.41) is 9.37. The van der Waals surface area contributed by atoms with Gasteiger partial charge in [-0.05, 0) is 24.7 Å². The van der Waals surface area contributed by atoms with Crippen molar-refractivity contribution in [3.8, 4) is 0 Å². The summed E-state index contributed by atoms with van der Waals surface area (Å²) in [6.45, 7) is 1.25. The molecule has 0 aromatic heterocycles. The quantitative estimate of drug-likeness (QED) is 0.765. The number of amides is 1. The van der Waals surface area contributed by atoms with Crippen LogP contribution in [0.3, 0.4) is 0 Å². The van der Waals surface area contributed by atoms with E-state index < -0.39 is 17.8 Å². The molecule has 1 amide bonds. The number of ether oxygens (including phenoxy) is 1. The molecule has 0 radical (unpaired) electrons. The first kappa shape index (κ1) is 12.7. The van der Waals surface area contributed by atoms with Crippen LogP contribution in [0.2, 0.25) is 0 Å². The van der Waals surface area contributed by atoms with E-state index in [2.05, 4.69) is 0 Å². The number of carboxylic acid groups (broad SMARTS) is 1. The molecule has 1 saturated carbocycles. The number of aliphatic carboxylic acids is 1. The van der Waals surface area contributed by atoms with E-state index in [9.17, 15) is 14.7 Å². The summed E-state index contributed by atoms with van der Waals surface area (Å²) in [5.41, 5.74) is 0. The first-order valence-corrected chi connectivity index (χ1v) is 6.85. The Kier molecular flexibility index (Phi) is 3.09. The summed E-state index contributed by atoms with van der Waals surface area (Å²) in [7, 11) is 1.77. The van der Waals surface area contributed by atoms with Crippen LogP contribution in [-0.2, 0) is 14.3 Å². The average molecular weight is 265 g/mol. The van der Waals surface area contributed by atoms with Gasteiger partial charge in [0.2, 0.25) is 5.91 Å². The maximum absolute atomic E-state index is 12.6. The molecular formula is C14H19NO4. The van der Waals surface area contributed by atoms with Crippen LogP contribution in [0.5, 0.6) is 0 Å². The molecule has 1 saturated heterocycles. The molecule has 1 heterocycles. The van der Waals surface area contributed by atoms with Crippen LogP contribution in [0.25, 0.3) is 0 Å². The van der Waals surface area contributed by atoms with Crippen molar-refractivity contribution in [3.05, 3.63) is 12.2 Å². The van der Waals surface area contributed by atoms with Crippen LogP contribution in [0, 0.1) is 23.7 Å². The second-order valence-corrected chi connectivity index (χ2v) is 5.80. The number of likely N-dealkylation sites (N-methyl/N-ethyl adjacent to an activating group) is 1. The van der Waals surface area contributed by atoms with E-state index in [-0.39, 0.29) is 23.8 Å². The molecule has 3 aliphatic rings. The van der Waals surface area contributed by atoms with E-state index in [1.54, 1.807) is 11.9 Å². The lowest BCUT2D eigenvalue weighted by molar-refractivity contribution is -0.151. The molecular weight excluding hydrogens is 246 g/mol. The Labute approximate surface area is 112 Å². The van der Waals surface area contributed by atoms with Gasteiger partial charge in [0.1, 0.15) is 0 Å². The summed E-state index contributed by atoms with van der Waals surface area (Å²) >= 11 is 0. The lowest BCUT2D eigenvalue weighted by Gasteiger charge is -2.31. The topological polar surface area (TPSA) is 66.8 Å². The number of fused-ring (bicyclic) bond motifs is 2. The fourth-order valence-electron chi connectivity index (χ4n) is 3.74. The normalized spacial score (nSPS) is 39.7. The molecule has 2 aliphatic carbocycles. The van der Waals surface area contributed by atoms with E-state index in [4.69, 9.17) is 4.74 Å². The molecule has 5 atom stereocenters. The Bertz CT molecular complexity index is 427. The first-order valence-electron chi connectivity index (χ1n) is 6.85. The summed E-state index contributed by atoms with van der Waals surface area (Å²) in [5.74, 6) is -1.68. The number of allylic oxidation sites excluding steroid dienone is 2. The van der Waals surface area contributed by atoms with Gasteiger partial charge in [0.15, 0.2) is 0 Å².